The number of nitrogens with zero attached hydrogens (tertiary/aromatic N) is 1. The van der Waals surface area contributed by atoms with Crippen LogP contribution >= 0.6 is 0 Å². The van der Waals surface area contributed by atoms with E-state index in [-0.39, 0.29) is 6.04 Å². The Bertz CT molecular complexity index is 1010. The van der Waals surface area contributed by atoms with Crippen LogP contribution in [0.2, 0.25) is 0 Å². The van der Waals surface area contributed by atoms with Gasteiger partial charge in [0, 0.05) is 6.04 Å². The van der Waals surface area contributed by atoms with Gasteiger partial charge in [0.05, 0.1) is 20.0 Å². The van der Waals surface area contributed by atoms with Crippen LogP contribution in [0.3, 0.4) is 0 Å². The van der Waals surface area contributed by atoms with E-state index in [0.717, 1.165) is 54.4 Å². The molecule has 0 aliphatic heterocycles. The molecule has 0 spiro atoms. The summed E-state index contributed by atoms with van der Waals surface area (Å²) in [5.41, 5.74) is 4.65. The lowest BCUT2D eigenvalue weighted by Gasteiger charge is -2.28. The van der Waals surface area contributed by atoms with Crippen molar-refractivity contribution in [3.05, 3.63) is 89.7 Å². The first-order chi connectivity index (χ1) is 16.7. The molecule has 2 aromatic rings. The maximum Gasteiger partial charge on any atom is 0.169 e. The van der Waals surface area contributed by atoms with Crippen LogP contribution in [0.5, 0.6) is 17.2 Å². The number of likely N-dealkylation sites (N-methyl/N-ethyl adjacent to an activating group) is 1. The molecule has 0 saturated carbocycles. The van der Waals surface area contributed by atoms with Crippen molar-refractivity contribution >= 4 is 0 Å². The van der Waals surface area contributed by atoms with Gasteiger partial charge in [0.2, 0.25) is 0 Å². The third-order valence-corrected chi connectivity index (χ3v) is 6.37. The van der Waals surface area contributed by atoms with Crippen molar-refractivity contribution in [1.29, 1.82) is 0 Å². The Kier molecular flexibility index (Phi) is 11.1. The Morgan fingerprint density at radius 3 is 2.20 bits per heavy atom. The smallest absolute Gasteiger partial charge is 0.169 e. The highest BCUT2D eigenvalue weighted by molar-refractivity contribution is 5.46. The van der Waals surface area contributed by atoms with Crippen LogP contribution in [0, 0.1) is 5.92 Å². The highest BCUT2D eigenvalue weighted by Crippen LogP contribution is 2.33. The maximum atomic E-state index is 6.26. The zero-order chi connectivity index (χ0) is 26.0. The van der Waals surface area contributed by atoms with Crippen molar-refractivity contribution in [2.45, 2.75) is 53.0 Å². The molecular formula is C31H43NO3. The van der Waals surface area contributed by atoms with E-state index in [1.54, 1.807) is 14.2 Å². The molecule has 0 amide bonds. The fourth-order valence-corrected chi connectivity index (χ4v) is 4.13. The molecule has 4 heteroatoms. The number of benzene rings is 2. The molecule has 4 nitrogen and oxygen atoms in total. The standard InChI is InChI=1S/C31H43NO3/c1-10-17-32(7)29(22(2)3)20-27-13-16-30(34-9)31(21-27)35-28-14-11-26(12-15-28)19-24(5)23(4)18-25(6)33-8/h11-16,18,21,24,29H,2,4,10,17,19-20H2,1,3,5-9H3/b25-18+/t24?,29-/m0/s1. The highest BCUT2D eigenvalue weighted by Gasteiger charge is 2.17. The minimum absolute atomic E-state index is 0.287. The fourth-order valence-electron chi connectivity index (χ4n) is 4.13. The highest BCUT2D eigenvalue weighted by atomic mass is 16.5. The van der Waals surface area contributed by atoms with E-state index in [1.165, 1.54) is 16.7 Å². The molecule has 0 saturated heterocycles. The van der Waals surface area contributed by atoms with Crippen LogP contribution in [-0.4, -0.2) is 38.8 Å². The number of methoxy groups -OCH3 is 2. The number of hydrogen-bond donors (Lipinski definition) is 0. The van der Waals surface area contributed by atoms with Crippen LogP contribution in [0.1, 0.15) is 45.2 Å². The molecular weight excluding hydrogens is 434 g/mol. The lowest BCUT2D eigenvalue weighted by molar-refractivity contribution is 0.270. The molecule has 0 bridgehead atoms. The van der Waals surface area contributed by atoms with Crippen molar-refractivity contribution in [2.75, 3.05) is 27.8 Å². The third-order valence-electron chi connectivity index (χ3n) is 6.37. The van der Waals surface area contributed by atoms with Crippen LogP contribution in [-0.2, 0) is 17.6 Å². The van der Waals surface area contributed by atoms with Crippen molar-refractivity contribution in [3.63, 3.8) is 0 Å². The lowest BCUT2D eigenvalue weighted by atomic mass is 9.94. The summed E-state index contributed by atoms with van der Waals surface area (Å²) in [6, 6.07) is 14.7. The van der Waals surface area contributed by atoms with E-state index in [2.05, 4.69) is 70.1 Å². The first-order valence-corrected chi connectivity index (χ1v) is 12.4. The second kappa shape index (κ2) is 13.8. The maximum absolute atomic E-state index is 6.26. The van der Waals surface area contributed by atoms with Crippen molar-refractivity contribution in [3.8, 4) is 17.2 Å². The van der Waals surface area contributed by atoms with Gasteiger partial charge >= 0.3 is 0 Å². The number of hydrogen-bond acceptors (Lipinski definition) is 4. The predicted molar refractivity (Wildman–Crippen MR) is 148 cm³/mol. The van der Waals surface area contributed by atoms with Crippen LogP contribution < -0.4 is 9.47 Å². The number of ether oxygens (including phenoxy) is 3. The average molecular weight is 478 g/mol. The molecule has 2 atom stereocenters. The zero-order valence-electron chi connectivity index (χ0n) is 22.7. The molecule has 190 valence electrons. The molecule has 0 fully saturated rings. The summed E-state index contributed by atoms with van der Waals surface area (Å²) in [4.78, 5) is 2.37. The van der Waals surface area contributed by atoms with Gasteiger partial charge in [0.25, 0.3) is 0 Å². The molecule has 0 aliphatic carbocycles. The Morgan fingerprint density at radius 1 is 0.971 bits per heavy atom. The number of allylic oxidation sites excluding steroid dienone is 3. The largest absolute Gasteiger partial charge is 0.501 e. The normalized spacial score (nSPS) is 13.3. The molecule has 0 aromatic heterocycles. The average Bonchev–Trinajstić information content (AvgIpc) is 2.83. The summed E-state index contributed by atoms with van der Waals surface area (Å²) in [7, 11) is 5.51. The Labute approximate surface area is 212 Å². The van der Waals surface area contributed by atoms with Gasteiger partial charge in [-0.15, -0.1) is 0 Å². The summed E-state index contributed by atoms with van der Waals surface area (Å²) >= 11 is 0. The zero-order valence-corrected chi connectivity index (χ0v) is 22.7. The van der Waals surface area contributed by atoms with E-state index in [0.29, 0.717) is 5.92 Å². The quantitative estimate of drug-likeness (QED) is 0.159. The lowest BCUT2D eigenvalue weighted by Crippen LogP contribution is -2.34. The van der Waals surface area contributed by atoms with E-state index < -0.39 is 0 Å². The van der Waals surface area contributed by atoms with Gasteiger partial charge in [-0.2, -0.15) is 0 Å². The minimum atomic E-state index is 0.287. The molecule has 2 aromatic carbocycles. The number of rotatable bonds is 14. The summed E-state index contributed by atoms with van der Waals surface area (Å²) in [5, 5.41) is 0. The van der Waals surface area contributed by atoms with E-state index >= 15 is 0 Å². The van der Waals surface area contributed by atoms with Gasteiger partial charge in [-0.1, -0.05) is 50.8 Å². The Balaban J connectivity index is 2.14. The van der Waals surface area contributed by atoms with Crippen LogP contribution in [0.25, 0.3) is 0 Å². The molecule has 2 rings (SSSR count). The third kappa shape index (κ3) is 8.63. The summed E-state index contributed by atoms with van der Waals surface area (Å²) in [5.74, 6) is 3.41. The summed E-state index contributed by atoms with van der Waals surface area (Å²) in [6.07, 6.45) is 4.90. The molecule has 0 N–H and O–H groups in total. The van der Waals surface area contributed by atoms with Crippen molar-refractivity contribution < 1.29 is 14.2 Å². The Morgan fingerprint density at radius 2 is 1.63 bits per heavy atom. The molecule has 35 heavy (non-hydrogen) atoms. The monoisotopic (exact) mass is 477 g/mol. The molecule has 0 heterocycles. The first-order valence-electron chi connectivity index (χ1n) is 12.4. The second-order valence-corrected chi connectivity index (χ2v) is 9.42. The van der Waals surface area contributed by atoms with E-state index in [4.69, 9.17) is 14.2 Å². The molecule has 1 unspecified atom stereocenters. The first kappa shape index (κ1) is 28.3. The van der Waals surface area contributed by atoms with E-state index in [1.807, 2.05) is 31.2 Å². The summed E-state index contributed by atoms with van der Waals surface area (Å²) in [6.45, 7) is 17.9. The van der Waals surface area contributed by atoms with Gasteiger partial charge in [0.15, 0.2) is 11.5 Å². The van der Waals surface area contributed by atoms with E-state index in [9.17, 15) is 0 Å². The topological polar surface area (TPSA) is 30.9 Å². The van der Waals surface area contributed by atoms with Crippen LogP contribution in [0.4, 0.5) is 0 Å². The van der Waals surface area contributed by atoms with Gasteiger partial charge in [-0.3, -0.25) is 4.90 Å². The van der Waals surface area contributed by atoms with Gasteiger partial charge in [0.1, 0.15) is 5.75 Å². The van der Waals surface area contributed by atoms with Crippen molar-refractivity contribution in [2.24, 2.45) is 5.92 Å². The fraction of sp³-hybridized carbons (Fsp3) is 0.419. The SMILES string of the molecule is C=C(/C=C(\C)OC)C(C)Cc1ccc(Oc2cc(C[C@@H](C(=C)C)N(C)CCC)ccc2OC)cc1. The Hall–Kier alpha value is -2.98. The molecule has 0 radical (unpaired) electrons. The van der Waals surface area contributed by atoms with Gasteiger partial charge < -0.3 is 14.2 Å². The van der Waals surface area contributed by atoms with Gasteiger partial charge in [-0.05, 0) is 99.7 Å². The predicted octanol–water partition coefficient (Wildman–Crippen LogP) is 7.60. The van der Waals surface area contributed by atoms with Gasteiger partial charge in [-0.25, -0.2) is 0 Å². The van der Waals surface area contributed by atoms with Crippen LogP contribution in [0.15, 0.2) is 78.6 Å². The second-order valence-electron chi connectivity index (χ2n) is 9.42. The van der Waals surface area contributed by atoms with Crippen molar-refractivity contribution in [1.82, 2.24) is 4.90 Å². The molecule has 0 aliphatic rings. The minimum Gasteiger partial charge on any atom is -0.501 e. The summed E-state index contributed by atoms with van der Waals surface area (Å²) < 4.78 is 17.1.